The molecule has 0 aliphatic carbocycles. The lowest BCUT2D eigenvalue weighted by atomic mass is 10.1. The molecule has 1 atom stereocenters. The molecule has 0 saturated heterocycles. The number of carbonyl (C=O) groups excluding carboxylic acids is 1. The van der Waals surface area contributed by atoms with E-state index in [9.17, 15) is 13.2 Å². The van der Waals surface area contributed by atoms with E-state index in [0.29, 0.717) is 16.3 Å². The number of benzene rings is 2. The normalized spacial score (nSPS) is 12.5. The maximum atomic E-state index is 12.7. The molecule has 140 valence electrons. The van der Waals surface area contributed by atoms with Crippen molar-refractivity contribution >= 4 is 33.2 Å². The van der Waals surface area contributed by atoms with Gasteiger partial charge < -0.3 is 5.32 Å². The van der Waals surface area contributed by atoms with Crippen LogP contribution in [0.1, 0.15) is 37.0 Å². The van der Waals surface area contributed by atoms with E-state index in [2.05, 4.69) is 12.2 Å². The predicted molar refractivity (Wildman–Crippen MR) is 105 cm³/mol. The number of amides is 1. The van der Waals surface area contributed by atoms with Crippen molar-refractivity contribution < 1.29 is 13.2 Å². The fraction of sp³-hybridized carbons (Fsp3) is 0.316. The van der Waals surface area contributed by atoms with E-state index in [1.54, 1.807) is 24.3 Å². The first-order valence-electron chi connectivity index (χ1n) is 8.41. The zero-order chi connectivity index (χ0) is 19.3. The van der Waals surface area contributed by atoms with Crippen molar-refractivity contribution in [3.63, 3.8) is 0 Å². The van der Waals surface area contributed by atoms with Crippen molar-refractivity contribution in [1.29, 1.82) is 0 Å². The Morgan fingerprint density at radius 2 is 1.69 bits per heavy atom. The monoisotopic (exact) mass is 394 g/mol. The molecule has 0 spiro atoms. The molecule has 2 rings (SSSR count). The van der Waals surface area contributed by atoms with E-state index in [4.69, 9.17) is 11.6 Å². The molecule has 0 heterocycles. The van der Waals surface area contributed by atoms with Crippen molar-refractivity contribution in [3.8, 4) is 0 Å². The van der Waals surface area contributed by atoms with E-state index in [1.165, 1.54) is 35.6 Å². The summed E-state index contributed by atoms with van der Waals surface area (Å²) in [6, 6.07) is 12.6. The van der Waals surface area contributed by atoms with Gasteiger partial charge in [-0.05, 0) is 61.9 Å². The van der Waals surface area contributed by atoms with E-state index >= 15 is 0 Å². The maximum absolute atomic E-state index is 12.7. The largest absolute Gasteiger partial charge is 0.350 e. The maximum Gasteiger partial charge on any atom is 0.264 e. The number of anilines is 1. The second kappa shape index (κ2) is 8.56. The van der Waals surface area contributed by atoms with Crippen LogP contribution in [0.4, 0.5) is 5.69 Å². The smallest absolute Gasteiger partial charge is 0.264 e. The lowest BCUT2D eigenvalue weighted by molar-refractivity contribution is 0.0938. The van der Waals surface area contributed by atoms with E-state index in [1.807, 2.05) is 6.92 Å². The fourth-order valence-electron chi connectivity index (χ4n) is 2.54. The molecule has 7 heteroatoms. The number of hydrogen-bond acceptors (Lipinski definition) is 3. The summed E-state index contributed by atoms with van der Waals surface area (Å²) in [7, 11) is -2.22. The van der Waals surface area contributed by atoms with Crippen molar-refractivity contribution in [3.05, 3.63) is 59.1 Å². The van der Waals surface area contributed by atoms with Crippen LogP contribution in [0.25, 0.3) is 0 Å². The summed E-state index contributed by atoms with van der Waals surface area (Å²) in [5.74, 6) is -0.166. The van der Waals surface area contributed by atoms with Crippen LogP contribution >= 0.6 is 11.6 Å². The molecule has 0 bridgehead atoms. The minimum atomic E-state index is -3.69. The van der Waals surface area contributed by atoms with E-state index in [0.717, 1.165) is 12.8 Å². The molecule has 26 heavy (non-hydrogen) atoms. The molecule has 2 aromatic carbocycles. The highest BCUT2D eigenvalue weighted by molar-refractivity contribution is 7.92. The van der Waals surface area contributed by atoms with Crippen LogP contribution < -0.4 is 9.62 Å². The first-order valence-corrected chi connectivity index (χ1v) is 10.2. The summed E-state index contributed by atoms with van der Waals surface area (Å²) >= 11 is 5.81. The van der Waals surface area contributed by atoms with Gasteiger partial charge in [0.1, 0.15) is 0 Å². The summed E-state index contributed by atoms with van der Waals surface area (Å²) in [6.45, 7) is 4.02. The molecule has 0 aromatic heterocycles. The van der Waals surface area contributed by atoms with Crippen LogP contribution in [-0.4, -0.2) is 27.4 Å². The Bertz CT molecular complexity index is 849. The number of rotatable bonds is 7. The Kier molecular flexibility index (Phi) is 6.67. The first-order chi connectivity index (χ1) is 12.3. The molecule has 2 aromatic rings. The molecule has 0 aliphatic rings. The summed E-state index contributed by atoms with van der Waals surface area (Å²) < 4.78 is 26.5. The molecule has 0 radical (unpaired) electrons. The summed E-state index contributed by atoms with van der Waals surface area (Å²) in [4.78, 5) is 12.4. The van der Waals surface area contributed by atoms with Gasteiger partial charge in [0, 0.05) is 23.7 Å². The average molecular weight is 395 g/mol. The quantitative estimate of drug-likeness (QED) is 0.769. The van der Waals surface area contributed by atoms with Gasteiger partial charge in [-0.25, -0.2) is 8.42 Å². The van der Waals surface area contributed by atoms with Crippen LogP contribution in [0.2, 0.25) is 5.02 Å². The van der Waals surface area contributed by atoms with Crippen LogP contribution in [-0.2, 0) is 10.0 Å². The highest BCUT2D eigenvalue weighted by atomic mass is 35.5. The van der Waals surface area contributed by atoms with Gasteiger partial charge >= 0.3 is 0 Å². The lowest BCUT2D eigenvalue weighted by Crippen LogP contribution is -2.32. The standard InChI is InChI=1S/C19H23ClN2O3S/c1-4-5-14(2)21-19(23)15-6-10-17(11-7-15)22(3)26(24,25)18-12-8-16(20)9-13-18/h6-14H,4-5H2,1-3H3,(H,21,23)/t14-/m1/s1. The van der Waals surface area contributed by atoms with Crippen LogP contribution in [0, 0.1) is 0 Å². The molecule has 5 nitrogen and oxygen atoms in total. The summed E-state index contributed by atoms with van der Waals surface area (Å²) in [5, 5.41) is 3.40. The van der Waals surface area contributed by atoms with Crippen molar-refractivity contribution in [2.45, 2.75) is 37.6 Å². The summed E-state index contributed by atoms with van der Waals surface area (Å²) in [6.07, 6.45) is 1.90. The van der Waals surface area contributed by atoms with Crippen molar-refractivity contribution in [2.24, 2.45) is 0 Å². The molecule has 1 amide bonds. The van der Waals surface area contributed by atoms with Crippen molar-refractivity contribution in [1.82, 2.24) is 5.32 Å². The molecular formula is C19H23ClN2O3S. The third-order valence-corrected chi connectivity index (χ3v) is 6.12. The Morgan fingerprint density at radius 3 is 2.23 bits per heavy atom. The van der Waals surface area contributed by atoms with Gasteiger partial charge in [0.15, 0.2) is 0 Å². The molecule has 0 aliphatic heterocycles. The van der Waals surface area contributed by atoms with Crippen molar-refractivity contribution in [2.75, 3.05) is 11.4 Å². The molecule has 0 fully saturated rings. The minimum Gasteiger partial charge on any atom is -0.350 e. The van der Waals surface area contributed by atoms with Crippen LogP contribution in [0.15, 0.2) is 53.4 Å². The number of carbonyl (C=O) groups is 1. The third-order valence-electron chi connectivity index (χ3n) is 4.06. The highest BCUT2D eigenvalue weighted by Crippen LogP contribution is 2.23. The number of sulfonamides is 1. The van der Waals surface area contributed by atoms with Gasteiger partial charge in [-0.3, -0.25) is 9.10 Å². The Balaban J connectivity index is 2.16. The number of nitrogens with one attached hydrogen (secondary N) is 1. The summed E-state index contributed by atoms with van der Waals surface area (Å²) in [5.41, 5.74) is 0.965. The first kappa shape index (κ1) is 20.3. The molecule has 0 unspecified atom stereocenters. The van der Waals surface area contributed by atoms with Gasteiger partial charge in [-0.15, -0.1) is 0 Å². The van der Waals surface area contributed by atoms with E-state index in [-0.39, 0.29) is 16.8 Å². The number of hydrogen-bond donors (Lipinski definition) is 1. The van der Waals surface area contributed by atoms with Gasteiger partial charge in [-0.1, -0.05) is 24.9 Å². The fourth-order valence-corrected chi connectivity index (χ4v) is 3.86. The van der Waals surface area contributed by atoms with Crippen LogP contribution in [0.3, 0.4) is 0 Å². The minimum absolute atomic E-state index is 0.0973. The molecular weight excluding hydrogens is 372 g/mol. The van der Waals surface area contributed by atoms with E-state index < -0.39 is 10.0 Å². The lowest BCUT2D eigenvalue weighted by Gasteiger charge is -2.20. The Labute approximate surface area is 160 Å². The Hall–Kier alpha value is -2.05. The topological polar surface area (TPSA) is 66.5 Å². The second-order valence-electron chi connectivity index (χ2n) is 6.14. The number of halogens is 1. The zero-order valence-electron chi connectivity index (χ0n) is 15.1. The zero-order valence-corrected chi connectivity index (χ0v) is 16.6. The van der Waals surface area contributed by atoms with Gasteiger partial charge in [0.2, 0.25) is 0 Å². The highest BCUT2D eigenvalue weighted by Gasteiger charge is 2.21. The van der Waals surface area contributed by atoms with Gasteiger partial charge in [0.05, 0.1) is 10.6 Å². The van der Waals surface area contributed by atoms with Gasteiger partial charge in [0.25, 0.3) is 15.9 Å². The third kappa shape index (κ3) is 4.77. The van der Waals surface area contributed by atoms with Crippen LogP contribution in [0.5, 0.6) is 0 Å². The number of nitrogens with zero attached hydrogens (tertiary/aromatic N) is 1. The predicted octanol–water partition coefficient (Wildman–Crippen LogP) is 4.08. The SMILES string of the molecule is CCC[C@@H](C)NC(=O)c1ccc(N(C)S(=O)(=O)c2ccc(Cl)cc2)cc1. The molecule has 0 saturated carbocycles. The Morgan fingerprint density at radius 1 is 1.12 bits per heavy atom. The molecule has 1 N–H and O–H groups in total. The van der Waals surface area contributed by atoms with Gasteiger partial charge in [-0.2, -0.15) is 0 Å². The second-order valence-corrected chi connectivity index (χ2v) is 8.54. The average Bonchev–Trinajstić information content (AvgIpc) is 2.61.